The highest BCUT2D eigenvalue weighted by atomic mass is 16.5. The number of carboxylic acid groups (broad SMARTS) is 1. The standard InChI is InChI=1S/C27H34N2O5/c1-26(2,3)23(24(32)29(15-22(30)31)27(4,5)6)28-25(33)34-16-21-19-13-9-7-11-17(19)18-12-8-10-14-20(18)21/h7-14,21,23H,15-16H2,1-6H3,(H,28,33)(H,30,31)/t23-/m1/s1. The second kappa shape index (κ2) is 9.49. The number of hydrogen-bond donors (Lipinski definition) is 2. The summed E-state index contributed by atoms with van der Waals surface area (Å²) in [6.45, 7) is 10.4. The Morgan fingerprint density at radius 1 is 0.941 bits per heavy atom. The smallest absolute Gasteiger partial charge is 0.407 e. The summed E-state index contributed by atoms with van der Waals surface area (Å²) in [6, 6.07) is 15.2. The molecule has 0 saturated heterocycles. The normalized spacial score (nSPS) is 14.1. The predicted molar refractivity (Wildman–Crippen MR) is 131 cm³/mol. The number of carbonyl (C=O) groups is 3. The molecule has 1 atom stereocenters. The van der Waals surface area contributed by atoms with Crippen molar-refractivity contribution in [2.75, 3.05) is 13.2 Å². The fourth-order valence-electron chi connectivity index (χ4n) is 4.34. The van der Waals surface area contributed by atoms with E-state index in [1.165, 1.54) is 4.90 Å². The third kappa shape index (κ3) is 5.41. The van der Waals surface area contributed by atoms with Crippen molar-refractivity contribution in [1.82, 2.24) is 10.2 Å². The van der Waals surface area contributed by atoms with Crippen molar-refractivity contribution < 1.29 is 24.2 Å². The molecule has 3 rings (SSSR count). The van der Waals surface area contributed by atoms with Crippen molar-refractivity contribution in [1.29, 1.82) is 0 Å². The van der Waals surface area contributed by atoms with Crippen molar-refractivity contribution in [3.63, 3.8) is 0 Å². The van der Waals surface area contributed by atoms with Gasteiger partial charge in [0.1, 0.15) is 19.2 Å². The van der Waals surface area contributed by atoms with Gasteiger partial charge in [0.2, 0.25) is 5.91 Å². The van der Waals surface area contributed by atoms with Crippen LogP contribution >= 0.6 is 0 Å². The largest absolute Gasteiger partial charge is 0.480 e. The Bertz CT molecular complexity index is 1040. The van der Waals surface area contributed by atoms with E-state index in [4.69, 9.17) is 4.74 Å². The topological polar surface area (TPSA) is 95.9 Å². The van der Waals surface area contributed by atoms with Gasteiger partial charge in [0.15, 0.2) is 0 Å². The number of aliphatic carboxylic acids is 1. The number of amides is 2. The van der Waals surface area contributed by atoms with Crippen LogP contribution in [0, 0.1) is 5.41 Å². The van der Waals surface area contributed by atoms with Gasteiger partial charge in [-0.25, -0.2) is 4.79 Å². The highest BCUT2D eigenvalue weighted by Crippen LogP contribution is 2.44. The molecule has 1 aliphatic carbocycles. The number of rotatable bonds is 6. The Balaban J connectivity index is 1.76. The number of hydrogen-bond acceptors (Lipinski definition) is 4. The fourth-order valence-corrected chi connectivity index (χ4v) is 4.34. The molecule has 0 bridgehead atoms. The number of carboxylic acids is 1. The summed E-state index contributed by atoms with van der Waals surface area (Å²) in [4.78, 5) is 38.9. The van der Waals surface area contributed by atoms with Crippen molar-refractivity contribution in [3.05, 3.63) is 59.7 Å². The second-order valence-electron chi connectivity index (χ2n) is 10.8. The number of benzene rings is 2. The monoisotopic (exact) mass is 466 g/mol. The first-order valence-corrected chi connectivity index (χ1v) is 11.5. The molecule has 1 aliphatic rings. The van der Waals surface area contributed by atoms with Crippen LogP contribution in [0.25, 0.3) is 11.1 Å². The van der Waals surface area contributed by atoms with Crippen molar-refractivity contribution >= 4 is 18.0 Å². The summed E-state index contributed by atoms with van der Waals surface area (Å²) in [5.41, 5.74) is 3.06. The van der Waals surface area contributed by atoms with Crippen LogP contribution in [0.3, 0.4) is 0 Å². The highest BCUT2D eigenvalue weighted by molar-refractivity contribution is 5.89. The van der Waals surface area contributed by atoms with Gasteiger partial charge in [-0.05, 0) is 48.4 Å². The van der Waals surface area contributed by atoms with E-state index in [-0.39, 0.29) is 12.5 Å². The van der Waals surface area contributed by atoms with Gasteiger partial charge in [0.05, 0.1) is 0 Å². The molecular weight excluding hydrogens is 432 g/mol. The molecule has 0 fully saturated rings. The Labute approximate surface area is 201 Å². The van der Waals surface area contributed by atoms with Crippen LogP contribution in [-0.2, 0) is 14.3 Å². The molecular formula is C27H34N2O5. The van der Waals surface area contributed by atoms with Crippen LogP contribution < -0.4 is 5.32 Å². The molecule has 0 aliphatic heterocycles. The van der Waals surface area contributed by atoms with Gasteiger partial charge in [-0.1, -0.05) is 69.3 Å². The van der Waals surface area contributed by atoms with E-state index >= 15 is 0 Å². The van der Waals surface area contributed by atoms with E-state index in [0.717, 1.165) is 22.3 Å². The van der Waals surface area contributed by atoms with Crippen molar-refractivity contribution in [2.45, 2.75) is 59.0 Å². The SMILES string of the molecule is CC(C)(C)[C@H](NC(=O)OCC1c2ccccc2-c2ccccc21)C(=O)N(CC(=O)O)C(C)(C)C. The van der Waals surface area contributed by atoms with Gasteiger partial charge in [-0.3, -0.25) is 9.59 Å². The summed E-state index contributed by atoms with van der Waals surface area (Å²) >= 11 is 0. The Morgan fingerprint density at radius 2 is 1.44 bits per heavy atom. The van der Waals surface area contributed by atoms with Crippen LogP contribution in [0.15, 0.2) is 48.5 Å². The van der Waals surface area contributed by atoms with E-state index in [1.54, 1.807) is 20.8 Å². The minimum atomic E-state index is -1.11. The van der Waals surface area contributed by atoms with Gasteiger partial charge < -0.3 is 20.1 Å². The lowest BCUT2D eigenvalue weighted by atomic mass is 9.85. The minimum Gasteiger partial charge on any atom is -0.480 e. The van der Waals surface area contributed by atoms with Crippen molar-refractivity contribution in [2.24, 2.45) is 5.41 Å². The Kier molecular flexibility index (Phi) is 7.05. The van der Waals surface area contributed by atoms with E-state index in [1.807, 2.05) is 57.2 Å². The maximum absolute atomic E-state index is 13.4. The van der Waals surface area contributed by atoms with Crippen LogP contribution in [0.5, 0.6) is 0 Å². The first-order valence-electron chi connectivity index (χ1n) is 11.5. The lowest BCUT2D eigenvalue weighted by Gasteiger charge is -2.40. The van der Waals surface area contributed by atoms with E-state index < -0.39 is 41.5 Å². The van der Waals surface area contributed by atoms with E-state index in [0.29, 0.717) is 0 Å². The molecule has 7 nitrogen and oxygen atoms in total. The van der Waals surface area contributed by atoms with E-state index in [9.17, 15) is 19.5 Å². The number of carbonyl (C=O) groups excluding carboxylic acids is 2. The Morgan fingerprint density at radius 3 is 1.88 bits per heavy atom. The number of alkyl carbamates (subject to hydrolysis) is 1. The van der Waals surface area contributed by atoms with Crippen molar-refractivity contribution in [3.8, 4) is 11.1 Å². The van der Waals surface area contributed by atoms with Crippen LogP contribution in [0.2, 0.25) is 0 Å². The molecule has 0 unspecified atom stereocenters. The molecule has 0 heterocycles. The number of nitrogens with zero attached hydrogens (tertiary/aromatic N) is 1. The molecule has 7 heteroatoms. The summed E-state index contributed by atoms with van der Waals surface area (Å²) in [5.74, 6) is -1.67. The highest BCUT2D eigenvalue weighted by Gasteiger charge is 2.40. The predicted octanol–water partition coefficient (Wildman–Crippen LogP) is 4.65. The Hall–Kier alpha value is -3.35. The molecule has 0 spiro atoms. The molecule has 0 saturated carbocycles. The molecule has 182 valence electrons. The molecule has 0 aromatic heterocycles. The average molecular weight is 467 g/mol. The third-order valence-electron chi connectivity index (χ3n) is 6.09. The molecule has 2 aromatic carbocycles. The van der Waals surface area contributed by atoms with Gasteiger partial charge in [-0.2, -0.15) is 0 Å². The number of fused-ring (bicyclic) bond motifs is 3. The average Bonchev–Trinajstić information content (AvgIpc) is 3.06. The summed E-state index contributed by atoms with van der Waals surface area (Å²) in [6.07, 6.45) is -0.709. The zero-order valence-electron chi connectivity index (χ0n) is 20.7. The quantitative estimate of drug-likeness (QED) is 0.646. The number of ether oxygens (including phenoxy) is 1. The van der Waals surface area contributed by atoms with Gasteiger partial charge in [0.25, 0.3) is 0 Å². The molecule has 2 amide bonds. The number of nitrogens with one attached hydrogen (secondary N) is 1. The van der Waals surface area contributed by atoms with Crippen LogP contribution in [-0.4, -0.2) is 52.7 Å². The van der Waals surface area contributed by atoms with Crippen LogP contribution in [0.1, 0.15) is 58.6 Å². The molecule has 34 heavy (non-hydrogen) atoms. The lowest BCUT2D eigenvalue weighted by Crippen LogP contribution is -2.59. The molecule has 0 radical (unpaired) electrons. The summed E-state index contributed by atoms with van der Waals surface area (Å²) < 4.78 is 5.62. The fraction of sp³-hybridized carbons (Fsp3) is 0.444. The second-order valence-corrected chi connectivity index (χ2v) is 10.8. The van der Waals surface area contributed by atoms with Gasteiger partial charge in [-0.15, -0.1) is 0 Å². The lowest BCUT2D eigenvalue weighted by molar-refractivity contribution is -0.150. The summed E-state index contributed by atoms with van der Waals surface area (Å²) in [7, 11) is 0. The third-order valence-corrected chi connectivity index (χ3v) is 6.09. The maximum atomic E-state index is 13.4. The molecule has 2 aromatic rings. The van der Waals surface area contributed by atoms with Crippen LogP contribution in [0.4, 0.5) is 4.79 Å². The zero-order valence-corrected chi connectivity index (χ0v) is 20.7. The van der Waals surface area contributed by atoms with Gasteiger partial charge in [0, 0.05) is 11.5 Å². The minimum absolute atomic E-state index is 0.0972. The zero-order chi connectivity index (χ0) is 25.3. The van der Waals surface area contributed by atoms with Gasteiger partial charge >= 0.3 is 12.1 Å². The van der Waals surface area contributed by atoms with E-state index in [2.05, 4.69) is 17.4 Å². The first kappa shape index (κ1) is 25.3. The molecule has 2 N–H and O–H groups in total. The maximum Gasteiger partial charge on any atom is 0.407 e. The first-order chi connectivity index (χ1) is 15.8. The summed E-state index contributed by atoms with van der Waals surface area (Å²) in [5, 5.41) is 12.0.